The van der Waals surface area contributed by atoms with E-state index in [1.54, 1.807) is 18.2 Å². The number of piperazine rings is 1. The highest BCUT2D eigenvalue weighted by molar-refractivity contribution is 8.06. The zero-order valence-electron chi connectivity index (χ0n) is 10.9. The lowest BCUT2D eigenvalue weighted by Gasteiger charge is -2.34. The van der Waals surface area contributed by atoms with Crippen molar-refractivity contribution in [3.63, 3.8) is 0 Å². The monoisotopic (exact) mass is 279 g/mol. The molecule has 0 aliphatic carbocycles. The third kappa shape index (κ3) is 2.04. The predicted molar refractivity (Wildman–Crippen MR) is 74.4 cm³/mol. The van der Waals surface area contributed by atoms with Crippen LogP contribution in [-0.2, 0) is 9.84 Å². The van der Waals surface area contributed by atoms with Gasteiger partial charge in [-0.05, 0) is 18.7 Å². The first-order valence-corrected chi connectivity index (χ1v) is 8.01. The second-order valence-corrected chi connectivity index (χ2v) is 6.60. The summed E-state index contributed by atoms with van der Waals surface area (Å²) < 4.78 is 24.9. The Morgan fingerprint density at radius 1 is 1.16 bits per heavy atom. The number of hydrogen-bond acceptors (Lipinski definition) is 5. The molecule has 1 fully saturated rings. The van der Waals surface area contributed by atoms with Gasteiger partial charge in [-0.1, -0.05) is 19.1 Å². The number of amidine groups is 1. The van der Waals surface area contributed by atoms with E-state index in [0.29, 0.717) is 10.6 Å². The Hall–Kier alpha value is -1.40. The molecule has 2 aliphatic rings. The first kappa shape index (κ1) is 12.6. The zero-order valence-corrected chi connectivity index (χ0v) is 11.7. The number of rotatable bonds is 1. The van der Waals surface area contributed by atoms with Crippen molar-refractivity contribution in [1.29, 1.82) is 0 Å². The molecule has 3 rings (SSSR count). The summed E-state index contributed by atoms with van der Waals surface area (Å²) in [6.07, 6.45) is 0. The van der Waals surface area contributed by atoms with E-state index in [9.17, 15) is 8.42 Å². The van der Waals surface area contributed by atoms with Gasteiger partial charge in [-0.3, -0.25) is 0 Å². The summed E-state index contributed by atoms with van der Waals surface area (Å²) in [7, 11) is -3.41. The van der Waals surface area contributed by atoms with Crippen LogP contribution in [0.4, 0.5) is 5.69 Å². The molecule has 0 spiro atoms. The lowest BCUT2D eigenvalue weighted by atomic mass is 10.3. The molecule has 19 heavy (non-hydrogen) atoms. The fraction of sp³-hybridized carbons (Fsp3) is 0.462. The van der Waals surface area contributed by atoms with Gasteiger partial charge in [-0.25, -0.2) is 13.4 Å². The van der Waals surface area contributed by atoms with E-state index in [1.807, 2.05) is 11.0 Å². The summed E-state index contributed by atoms with van der Waals surface area (Å²) in [5, 5.41) is 0.226. The maximum Gasteiger partial charge on any atom is 0.241 e. The van der Waals surface area contributed by atoms with E-state index in [1.165, 1.54) is 0 Å². The van der Waals surface area contributed by atoms with Crippen LogP contribution in [0.25, 0.3) is 0 Å². The highest BCUT2D eigenvalue weighted by atomic mass is 32.2. The standard InChI is InChI=1S/C13H17N3O2S/c1-2-15-7-9-16(10-8-15)13-14-11-5-3-4-6-12(11)19(13,17)18/h3-6H,2,7-10H2,1H3. The minimum Gasteiger partial charge on any atom is -0.344 e. The molecular weight excluding hydrogens is 262 g/mol. The quantitative estimate of drug-likeness (QED) is 0.772. The molecule has 0 radical (unpaired) electrons. The maximum absolute atomic E-state index is 12.4. The molecule has 0 atom stereocenters. The minimum absolute atomic E-state index is 0.226. The highest BCUT2D eigenvalue weighted by Gasteiger charge is 2.36. The highest BCUT2D eigenvalue weighted by Crippen LogP contribution is 2.33. The molecule has 2 aliphatic heterocycles. The Labute approximate surface area is 113 Å². The van der Waals surface area contributed by atoms with Gasteiger partial charge in [-0.2, -0.15) is 0 Å². The minimum atomic E-state index is -3.41. The molecule has 6 heteroatoms. The molecule has 0 N–H and O–H groups in total. The molecule has 1 saturated heterocycles. The van der Waals surface area contributed by atoms with Crippen LogP contribution >= 0.6 is 0 Å². The average Bonchev–Trinajstić information content (AvgIpc) is 2.71. The van der Waals surface area contributed by atoms with Crippen LogP contribution in [0, 0.1) is 0 Å². The first-order chi connectivity index (χ1) is 9.13. The Bertz CT molecular complexity index is 617. The van der Waals surface area contributed by atoms with Gasteiger partial charge < -0.3 is 9.80 Å². The fourth-order valence-electron chi connectivity index (χ4n) is 2.53. The van der Waals surface area contributed by atoms with Gasteiger partial charge in [0.2, 0.25) is 15.0 Å². The second kappa shape index (κ2) is 4.61. The van der Waals surface area contributed by atoms with Gasteiger partial charge >= 0.3 is 0 Å². The Kier molecular flexibility index (Phi) is 3.06. The van der Waals surface area contributed by atoms with Crippen LogP contribution < -0.4 is 0 Å². The van der Waals surface area contributed by atoms with Crippen molar-refractivity contribution in [3.8, 4) is 0 Å². The average molecular weight is 279 g/mol. The zero-order chi connectivity index (χ0) is 13.5. The lowest BCUT2D eigenvalue weighted by molar-refractivity contribution is 0.192. The summed E-state index contributed by atoms with van der Waals surface area (Å²) in [6.45, 7) is 6.35. The molecular formula is C13H17N3O2S. The number of benzene rings is 1. The number of para-hydroxylation sites is 1. The number of aliphatic imine (C=N–C) groups is 1. The molecule has 102 valence electrons. The van der Waals surface area contributed by atoms with Crippen LogP contribution in [0.1, 0.15) is 6.92 Å². The lowest BCUT2D eigenvalue weighted by Crippen LogP contribution is -2.49. The summed E-state index contributed by atoms with van der Waals surface area (Å²) in [6, 6.07) is 6.94. The first-order valence-electron chi connectivity index (χ1n) is 6.53. The van der Waals surface area contributed by atoms with Gasteiger partial charge in [0, 0.05) is 26.2 Å². The smallest absolute Gasteiger partial charge is 0.241 e. The van der Waals surface area contributed by atoms with Crippen LogP contribution in [0.5, 0.6) is 0 Å². The molecule has 0 unspecified atom stereocenters. The molecule has 0 bridgehead atoms. The number of likely N-dealkylation sites (N-methyl/N-ethyl adjacent to an activating group) is 1. The molecule has 0 aromatic heterocycles. The molecule has 1 aromatic rings. The summed E-state index contributed by atoms with van der Waals surface area (Å²) >= 11 is 0. The van der Waals surface area contributed by atoms with Crippen molar-refractivity contribution in [2.75, 3.05) is 32.7 Å². The van der Waals surface area contributed by atoms with Crippen molar-refractivity contribution in [2.24, 2.45) is 4.99 Å². The third-order valence-corrected chi connectivity index (χ3v) is 5.46. The summed E-state index contributed by atoms with van der Waals surface area (Å²) in [4.78, 5) is 8.85. The molecule has 0 saturated carbocycles. The Balaban J connectivity index is 1.88. The van der Waals surface area contributed by atoms with Crippen LogP contribution in [0.2, 0.25) is 0 Å². The molecule has 1 aromatic carbocycles. The van der Waals surface area contributed by atoms with E-state index >= 15 is 0 Å². The number of nitrogens with zero attached hydrogens (tertiary/aromatic N) is 3. The number of sulfone groups is 1. The predicted octanol–water partition coefficient (Wildman–Crippen LogP) is 1.10. The number of fused-ring (bicyclic) bond motifs is 1. The fourth-order valence-corrected chi connectivity index (χ4v) is 4.12. The second-order valence-electron chi connectivity index (χ2n) is 4.79. The molecule has 2 heterocycles. The molecule has 5 nitrogen and oxygen atoms in total. The SMILES string of the molecule is CCN1CCN(C2=Nc3ccccc3S2(=O)=O)CC1. The van der Waals surface area contributed by atoms with Crippen molar-refractivity contribution >= 4 is 20.7 Å². The van der Waals surface area contributed by atoms with Crippen molar-refractivity contribution in [3.05, 3.63) is 24.3 Å². The summed E-state index contributed by atoms with van der Waals surface area (Å²) in [5.74, 6) is 0. The van der Waals surface area contributed by atoms with E-state index in [2.05, 4.69) is 16.8 Å². The summed E-state index contributed by atoms with van der Waals surface area (Å²) in [5.41, 5.74) is 0.565. The van der Waals surface area contributed by atoms with Crippen LogP contribution in [-0.4, -0.2) is 56.1 Å². The van der Waals surface area contributed by atoms with Gasteiger partial charge in [0.05, 0.1) is 5.69 Å². The maximum atomic E-state index is 12.4. The third-order valence-electron chi connectivity index (χ3n) is 3.70. The van der Waals surface area contributed by atoms with Gasteiger partial charge in [0.25, 0.3) is 0 Å². The molecule has 0 amide bonds. The van der Waals surface area contributed by atoms with Gasteiger partial charge in [0.1, 0.15) is 4.90 Å². The van der Waals surface area contributed by atoms with E-state index in [-0.39, 0.29) is 5.17 Å². The van der Waals surface area contributed by atoms with E-state index in [0.717, 1.165) is 32.7 Å². The Morgan fingerprint density at radius 3 is 2.47 bits per heavy atom. The van der Waals surface area contributed by atoms with Crippen molar-refractivity contribution in [2.45, 2.75) is 11.8 Å². The van der Waals surface area contributed by atoms with Crippen molar-refractivity contribution < 1.29 is 8.42 Å². The van der Waals surface area contributed by atoms with Gasteiger partial charge in [-0.15, -0.1) is 0 Å². The van der Waals surface area contributed by atoms with Crippen LogP contribution in [0.3, 0.4) is 0 Å². The number of hydrogen-bond donors (Lipinski definition) is 0. The van der Waals surface area contributed by atoms with E-state index < -0.39 is 9.84 Å². The topological polar surface area (TPSA) is 53.0 Å². The van der Waals surface area contributed by atoms with E-state index in [4.69, 9.17) is 0 Å². The van der Waals surface area contributed by atoms with Crippen molar-refractivity contribution in [1.82, 2.24) is 9.80 Å². The largest absolute Gasteiger partial charge is 0.344 e. The normalized spacial score (nSPS) is 22.2. The Morgan fingerprint density at radius 2 is 1.84 bits per heavy atom. The van der Waals surface area contributed by atoms with Gasteiger partial charge in [0.15, 0.2) is 0 Å². The van der Waals surface area contributed by atoms with Crippen LogP contribution in [0.15, 0.2) is 34.2 Å².